The van der Waals surface area contributed by atoms with Crippen molar-refractivity contribution in [2.24, 2.45) is 11.8 Å². The van der Waals surface area contributed by atoms with Crippen molar-refractivity contribution in [1.29, 1.82) is 0 Å². The summed E-state index contributed by atoms with van der Waals surface area (Å²) in [5, 5.41) is 5.42. The second kappa shape index (κ2) is 16.2. The van der Waals surface area contributed by atoms with Gasteiger partial charge in [-0.05, 0) is 49.9 Å². The molecule has 0 spiro atoms. The van der Waals surface area contributed by atoms with Gasteiger partial charge in [0.1, 0.15) is 18.2 Å². The highest BCUT2D eigenvalue weighted by molar-refractivity contribution is 5.97. The fraction of sp³-hybridized carbons (Fsp3) is 0.514. The molecular formula is C35H49N3O8. The smallest absolute Gasteiger partial charge is 0.410 e. The number of ether oxygens (including phenoxy) is 3. The molecule has 0 saturated carbocycles. The lowest BCUT2D eigenvalue weighted by molar-refractivity contribution is -0.148. The molecule has 0 aliphatic rings. The zero-order chi connectivity index (χ0) is 34.8. The van der Waals surface area contributed by atoms with Crippen molar-refractivity contribution >= 4 is 35.5 Å². The van der Waals surface area contributed by atoms with E-state index in [1.165, 1.54) is 19.1 Å². The van der Waals surface area contributed by atoms with Gasteiger partial charge in [0, 0.05) is 30.5 Å². The number of anilines is 1. The zero-order valence-corrected chi connectivity index (χ0v) is 28.6. The van der Waals surface area contributed by atoms with Crippen LogP contribution in [0, 0.1) is 11.8 Å². The molecule has 0 aliphatic carbocycles. The van der Waals surface area contributed by atoms with Crippen LogP contribution in [0.5, 0.6) is 0 Å². The number of hydrogen-bond donors (Lipinski definition) is 2. The molecule has 0 unspecified atom stereocenters. The van der Waals surface area contributed by atoms with Gasteiger partial charge in [-0.15, -0.1) is 0 Å². The first-order valence-corrected chi connectivity index (χ1v) is 15.3. The van der Waals surface area contributed by atoms with Crippen molar-refractivity contribution in [1.82, 2.24) is 10.2 Å². The first-order chi connectivity index (χ1) is 21.4. The second-order valence-electron chi connectivity index (χ2n) is 13.3. The number of Topliss-reactive ketones (excluding diaryl/α,β-unsaturated/α-hetero) is 1. The number of methoxy groups -OCH3 is 1. The highest BCUT2D eigenvalue weighted by Crippen LogP contribution is 2.31. The predicted molar refractivity (Wildman–Crippen MR) is 175 cm³/mol. The van der Waals surface area contributed by atoms with Gasteiger partial charge in [0.05, 0.1) is 13.2 Å². The number of esters is 1. The van der Waals surface area contributed by atoms with Crippen LogP contribution < -0.4 is 10.6 Å². The number of rotatable bonds is 13. The van der Waals surface area contributed by atoms with Gasteiger partial charge in [-0.25, -0.2) is 14.4 Å². The van der Waals surface area contributed by atoms with Gasteiger partial charge < -0.3 is 24.8 Å². The van der Waals surface area contributed by atoms with Crippen LogP contribution in [0.25, 0.3) is 0 Å². The number of nitrogens with one attached hydrogen (secondary N) is 2. The van der Waals surface area contributed by atoms with E-state index in [1.54, 1.807) is 52.0 Å². The molecule has 0 aromatic heterocycles. The molecule has 252 valence electrons. The summed E-state index contributed by atoms with van der Waals surface area (Å²) in [6.45, 7) is 14.1. The van der Waals surface area contributed by atoms with Crippen molar-refractivity contribution in [2.75, 3.05) is 19.5 Å². The lowest BCUT2D eigenvalue weighted by Crippen LogP contribution is -2.53. The van der Waals surface area contributed by atoms with Crippen LogP contribution in [0.1, 0.15) is 72.9 Å². The molecule has 3 atom stereocenters. The molecule has 3 amide bonds. The Kier molecular flexibility index (Phi) is 13.3. The molecule has 2 aromatic rings. The Morgan fingerprint density at radius 1 is 0.870 bits per heavy atom. The molecule has 11 nitrogen and oxygen atoms in total. The standard InChI is InChI=1S/C35H49N3O8/c1-22(2)28(37-32(42)46-34(4,5)6)27(39)20-23(3)30(40)36-26-18-16-24(17-19-26)21-45-33(43)38(9)29(31(41)44-10)35(7,8)25-14-12-11-13-15-25/h11-19,22-23,28-29H,20-21H2,1-10H3,(H,36,40)(H,37,42)/t23-,28+,29-/m1/s1. The van der Waals surface area contributed by atoms with Gasteiger partial charge in [0.15, 0.2) is 5.78 Å². The van der Waals surface area contributed by atoms with Gasteiger partial charge in [0.25, 0.3) is 0 Å². The normalized spacial score (nSPS) is 13.5. The molecule has 2 aromatic carbocycles. The van der Waals surface area contributed by atoms with Gasteiger partial charge >= 0.3 is 18.2 Å². The average Bonchev–Trinajstić information content (AvgIpc) is 2.98. The topological polar surface area (TPSA) is 140 Å². The average molecular weight is 640 g/mol. The minimum absolute atomic E-state index is 0.0663. The first-order valence-electron chi connectivity index (χ1n) is 15.3. The molecule has 11 heteroatoms. The molecule has 2 N–H and O–H groups in total. The van der Waals surface area contributed by atoms with Crippen LogP contribution in [0.15, 0.2) is 54.6 Å². The summed E-state index contributed by atoms with van der Waals surface area (Å²) in [5.41, 5.74) is 0.544. The summed E-state index contributed by atoms with van der Waals surface area (Å²) in [7, 11) is 2.77. The number of carbonyl (C=O) groups is 5. The Bertz CT molecular complexity index is 1350. The van der Waals surface area contributed by atoms with Crippen molar-refractivity contribution < 1.29 is 38.2 Å². The van der Waals surface area contributed by atoms with Gasteiger partial charge in [-0.1, -0.05) is 77.1 Å². The van der Waals surface area contributed by atoms with Crippen molar-refractivity contribution in [3.05, 3.63) is 65.7 Å². The molecule has 0 bridgehead atoms. The maximum atomic E-state index is 13.0. The Balaban J connectivity index is 1.98. The lowest BCUT2D eigenvalue weighted by Gasteiger charge is -2.38. The van der Waals surface area contributed by atoms with E-state index < -0.39 is 47.2 Å². The highest BCUT2D eigenvalue weighted by atomic mass is 16.6. The molecule has 0 heterocycles. The van der Waals surface area contributed by atoms with E-state index in [-0.39, 0.29) is 30.6 Å². The fourth-order valence-electron chi connectivity index (χ4n) is 4.95. The largest absolute Gasteiger partial charge is 0.467 e. The van der Waals surface area contributed by atoms with E-state index in [0.717, 1.165) is 5.56 Å². The van der Waals surface area contributed by atoms with Crippen molar-refractivity contribution in [3.63, 3.8) is 0 Å². The van der Waals surface area contributed by atoms with Gasteiger partial charge in [-0.3, -0.25) is 14.5 Å². The summed E-state index contributed by atoms with van der Waals surface area (Å²) < 4.78 is 15.8. The summed E-state index contributed by atoms with van der Waals surface area (Å²) in [6.07, 6.45) is -1.45. The van der Waals surface area contributed by atoms with E-state index in [4.69, 9.17) is 14.2 Å². The van der Waals surface area contributed by atoms with E-state index in [0.29, 0.717) is 11.3 Å². The van der Waals surface area contributed by atoms with Gasteiger partial charge in [0.2, 0.25) is 5.91 Å². The highest BCUT2D eigenvalue weighted by Gasteiger charge is 2.43. The van der Waals surface area contributed by atoms with Crippen LogP contribution in [-0.2, 0) is 40.6 Å². The van der Waals surface area contributed by atoms with Crippen LogP contribution >= 0.6 is 0 Å². The van der Waals surface area contributed by atoms with Gasteiger partial charge in [-0.2, -0.15) is 0 Å². The minimum Gasteiger partial charge on any atom is -0.467 e. The SMILES string of the molecule is COC(=O)[C@@H](N(C)C(=O)OCc1ccc(NC(=O)[C@H](C)CC(=O)[C@@H](NC(=O)OC(C)(C)C)C(C)C)cc1)C(C)(C)c1ccccc1. The molecule has 0 radical (unpaired) electrons. The lowest BCUT2D eigenvalue weighted by atomic mass is 9.77. The first kappa shape index (κ1) is 37.8. The third kappa shape index (κ3) is 10.9. The number of ketones is 1. The molecule has 0 fully saturated rings. The van der Waals surface area contributed by atoms with Crippen molar-refractivity contribution in [2.45, 2.75) is 91.5 Å². The van der Waals surface area contributed by atoms with Crippen LogP contribution in [0.4, 0.5) is 15.3 Å². The number of likely N-dealkylation sites (N-methyl/N-ethyl adjacent to an activating group) is 1. The maximum Gasteiger partial charge on any atom is 0.410 e. The summed E-state index contributed by atoms with van der Waals surface area (Å²) >= 11 is 0. The number of amides is 3. The fourth-order valence-corrected chi connectivity index (χ4v) is 4.95. The van der Waals surface area contributed by atoms with E-state index in [1.807, 2.05) is 58.0 Å². The molecular weight excluding hydrogens is 590 g/mol. The summed E-state index contributed by atoms with van der Waals surface area (Å²) in [6, 6.07) is 14.4. The third-order valence-electron chi connectivity index (χ3n) is 7.53. The van der Waals surface area contributed by atoms with E-state index >= 15 is 0 Å². The third-order valence-corrected chi connectivity index (χ3v) is 7.53. The summed E-state index contributed by atoms with van der Waals surface area (Å²) in [5.74, 6) is -2.05. The second-order valence-corrected chi connectivity index (χ2v) is 13.3. The quantitative estimate of drug-likeness (QED) is 0.205. The number of carbonyl (C=O) groups excluding carboxylic acids is 5. The van der Waals surface area contributed by atoms with Crippen LogP contribution in [0.3, 0.4) is 0 Å². The number of benzene rings is 2. The maximum absolute atomic E-state index is 13.0. The van der Waals surface area contributed by atoms with Crippen LogP contribution in [0.2, 0.25) is 0 Å². The Hall–Kier alpha value is -4.41. The number of hydrogen-bond acceptors (Lipinski definition) is 8. The summed E-state index contributed by atoms with van der Waals surface area (Å²) in [4.78, 5) is 65.1. The van der Waals surface area contributed by atoms with Crippen LogP contribution in [-0.4, -0.2) is 66.6 Å². The monoisotopic (exact) mass is 639 g/mol. The number of alkyl carbamates (subject to hydrolysis) is 1. The van der Waals surface area contributed by atoms with E-state index in [9.17, 15) is 24.0 Å². The molecule has 0 saturated heterocycles. The molecule has 0 aliphatic heterocycles. The Morgan fingerprint density at radius 3 is 1.98 bits per heavy atom. The van der Waals surface area contributed by atoms with Crippen molar-refractivity contribution in [3.8, 4) is 0 Å². The Morgan fingerprint density at radius 2 is 1.46 bits per heavy atom. The van der Waals surface area contributed by atoms with E-state index in [2.05, 4.69) is 10.6 Å². The minimum atomic E-state index is -0.942. The number of nitrogens with zero attached hydrogens (tertiary/aromatic N) is 1. The molecule has 2 rings (SSSR count). The predicted octanol–water partition coefficient (Wildman–Crippen LogP) is 5.86. The molecule has 46 heavy (non-hydrogen) atoms. The Labute approximate surface area is 272 Å². The zero-order valence-electron chi connectivity index (χ0n) is 28.6.